The Kier molecular flexibility index (Phi) is 6.40. The van der Waals surface area contributed by atoms with Crippen LogP contribution in [0.25, 0.3) is 0 Å². The van der Waals surface area contributed by atoms with Crippen molar-refractivity contribution in [2.45, 2.75) is 44.6 Å². The van der Waals surface area contributed by atoms with Crippen LogP contribution < -0.4 is 4.72 Å². The van der Waals surface area contributed by atoms with E-state index < -0.39 is 10.2 Å². The van der Waals surface area contributed by atoms with E-state index in [0.717, 1.165) is 25.7 Å². The molecule has 0 unspecified atom stereocenters. The highest BCUT2D eigenvalue weighted by Crippen LogP contribution is 2.22. The maximum Gasteiger partial charge on any atom is 0.279 e. The Bertz CT molecular complexity index is 300. The first-order valence-corrected chi connectivity index (χ1v) is 7.73. The van der Waals surface area contributed by atoms with Crippen LogP contribution in [0.1, 0.15) is 38.5 Å². The predicted octanol–water partition coefficient (Wildman–Crippen LogP) is 1.12. The largest absolute Gasteiger partial charge is 0.385 e. The van der Waals surface area contributed by atoms with Crippen LogP contribution >= 0.6 is 0 Å². The zero-order valence-corrected chi connectivity index (χ0v) is 11.6. The number of ether oxygens (including phenoxy) is 1. The first-order chi connectivity index (χ1) is 8.08. The quantitative estimate of drug-likeness (QED) is 0.701. The molecule has 1 aliphatic carbocycles. The van der Waals surface area contributed by atoms with Crippen molar-refractivity contribution in [3.05, 3.63) is 0 Å². The van der Waals surface area contributed by atoms with Crippen LogP contribution in [0.2, 0.25) is 0 Å². The summed E-state index contributed by atoms with van der Waals surface area (Å²) in [5.41, 5.74) is 0. The van der Waals surface area contributed by atoms with Crippen molar-refractivity contribution in [2.24, 2.45) is 0 Å². The van der Waals surface area contributed by atoms with Crippen LogP contribution in [0.4, 0.5) is 0 Å². The lowest BCUT2D eigenvalue weighted by atomic mass is 9.96. The molecule has 102 valence electrons. The third-order valence-corrected chi connectivity index (χ3v) is 4.90. The molecule has 0 saturated heterocycles. The summed E-state index contributed by atoms with van der Waals surface area (Å²) in [4.78, 5) is 0. The Labute approximate surface area is 105 Å². The molecule has 0 aromatic carbocycles. The van der Waals surface area contributed by atoms with Gasteiger partial charge in [-0.2, -0.15) is 12.7 Å². The number of hydrogen-bond donors (Lipinski definition) is 1. The number of rotatable bonds is 7. The fourth-order valence-electron chi connectivity index (χ4n) is 2.16. The van der Waals surface area contributed by atoms with Gasteiger partial charge in [-0.1, -0.05) is 19.3 Å². The minimum absolute atomic E-state index is 0.170. The topological polar surface area (TPSA) is 58.6 Å². The van der Waals surface area contributed by atoms with Crippen molar-refractivity contribution in [1.29, 1.82) is 0 Å². The summed E-state index contributed by atoms with van der Waals surface area (Å²) in [6, 6.07) is 0.170. The van der Waals surface area contributed by atoms with Crippen molar-refractivity contribution >= 4 is 10.2 Å². The molecule has 0 bridgehead atoms. The molecule has 0 amide bonds. The van der Waals surface area contributed by atoms with E-state index in [-0.39, 0.29) is 6.04 Å². The summed E-state index contributed by atoms with van der Waals surface area (Å²) in [5.74, 6) is 0. The van der Waals surface area contributed by atoms with Gasteiger partial charge in [-0.15, -0.1) is 0 Å². The van der Waals surface area contributed by atoms with E-state index in [1.54, 1.807) is 14.2 Å². The summed E-state index contributed by atoms with van der Waals surface area (Å²) < 4.78 is 32.9. The van der Waals surface area contributed by atoms with Gasteiger partial charge in [0.15, 0.2) is 0 Å². The molecule has 1 rings (SSSR count). The van der Waals surface area contributed by atoms with Crippen LogP contribution in [0.3, 0.4) is 0 Å². The molecule has 17 heavy (non-hydrogen) atoms. The van der Waals surface area contributed by atoms with Gasteiger partial charge in [-0.25, -0.2) is 4.72 Å². The van der Waals surface area contributed by atoms with E-state index >= 15 is 0 Å². The molecular weight excluding hydrogens is 240 g/mol. The Morgan fingerprint density at radius 1 is 1.29 bits per heavy atom. The minimum atomic E-state index is -3.31. The highest BCUT2D eigenvalue weighted by molar-refractivity contribution is 7.87. The molecule has 0 spiro atoms. The second kappa shape index (κ2) is 7.31. The van der Waals surface area contributed by atoms with E-state index in [4.69, 9.17) is 4.74 Å². The molecule has 0 aliphatic heterocycles. The smallest absolute Gasteiger partial charge is 0.279 e. The monoisotopic (exact) mass is 264 g/mol. The fraction of sp³-hybridized carbons (Fsp3) is 1.00. The molecule has 1 aliphatic rings. The van der Waals surface area contributed by atoms with Crippen molar-refractivity contribution in [3.8, 4) is 0 Å². The van der Waals surface area contributed by atoms with Gasteiger partial charge in [0, 0.05) is 33.4 Å². The fourth-order valence-corrected chi connectivity index (χ4v) is 3.37. The van der Waals surface area contributed by atoms with E-state index in [0.29, 0.717) is 19.6 Å². The SMILES string of the molecule is COCCCNS(=O)(=O)N(C)C1CCCCC1. The maximum absolute atomic E-state index is 12.0. The van der Waals surface area contributed by atoms with E-state index in [2.05, 4.69) is 4.72 Å². The van der Waals surface area contributed by atoms with E-state index in [9.17, 15) is 8.42 Å². The first kappa shape index (κ1) is 14.9. The Morgan fingerprint density at radius 3 is 2.53 bits per heavy atom. The zero-order valence-electron chi connectivity index (χ0n) is 10.8. The van der Waals surface area contributed by atoms with Crippen LogP contribution in [0.5, 0.6) is 0 Å². The van der Waals surface area contributed by atoms with Crippen LogP contribution in [-0.4, -0.2) is 46.1 Å². The molecule has 1 saturated carbocycles. The van der Waals surface area contributed by atoms with Crippen molar-refractivity contribution in [2.75, 3.05) is 27.3 Å². The molecule has 0 atom stereocenters. The molecule has 0 aromatic rings. The lowest BCUT2D eigenvalue weighted by Gasteiger charge is -2.30. The highest BCUT2D eigenvalue weighted by atomic mass is 32.2. The molecule has 0 heterocycles. The van der Waals surface area contributed by atoms with Crippen LogP contribution in [0, 0.1) is 0 Å². The summed E-state index contributed by atoms with van der Waals surface area (Å²) >= 11 is 0. The lowest BCUT2D eigenvalue weighted by molar-refractivity contribution is 0.195. The Hall–Kier alpha value is -0.170. The van der Waals surface area contributed by atoms with Crippen molar-refractivity contribution in [3.63, 3.8) is 0 Å². The van der Waals surface area contributed by atoms with Gasteiger partial charge in [0.25, 0.3) is 10.2 Å². The van der Waals surface area contributed by atoms with Gasteiger partial charge < -0.3 is 4.74 Å². The molecule has 1 N–H and O–H groups in total. The van der Waals surface area contributed by atoms with Gasteiger partial charge in [0.2, 0.25) is 0 Å². The van der Waals surface area contributed by atoms with Gasteiger partial charge in [0.05, 0.1) is 0 Å². The number of nitrogens with one attached hydrogen (secondary N) is 1. The van der Waals surface area contributed by atoms with Crippen LogP contribution in [0.15, 0.2) is 0 Å². The third kappa shape index (κ3) is 4.91. The average molecular weight is 264 g/mol. The van der Waals surface area contributed by atoms with E-state index in [1.165, 1.54) is 10.7 Å². The molecule has 0 radical (unpaired) electrons. The summed E-state index contributed by atoms with van der Waals surface area (Å²) in [6.07, 6.45) is 6.16. The van der Waals surface area contributed by atoms with Gasteiger partial charge in [-0.3, -0.25) is 0 Å². The molecule has 0 aromatic heterocycles. The normalized spacial score (nSPS) is 18.8. The van der Waals surface area contributed by atoms with Crippen molar-refractivity contribution < 1.29 is 13.2 Å². The maximum atomic E-state index is 12.0. The van der Waals surface area contributed by atoms with E-state index in [1.807, 2.05) is 0 Å². The van der Waals surface area contributed by atoms with Gasteiger partial charge in [0.1, 0.15) is 0 Å². The van der Waals surface area contributed by atoms with Crippen LogP contribution in [-0.2, 0) is 14.9 Å². The zero-order chi connectivity index (χ0) is 12.7. The molecule has 6 heteroatoms. The standard InChI is InChI=1S/C11H24N2O3S/c1-13(11-7-4-3-5-8-11)17(14,15)12-9-6-10-16-2/h11-12H,3-10H2,1-2H3. The van der Waals surface area contributed by atoms with Gasteiger partial charge >= 0.3 is 0 Å². The highest BCUT2D eigenvalue weighted by Gasteiger charge is 2.26. The summed E-state index contributed by atoms with van der Waals surface area (Å²) in [6.45, 7) is 1.02. The summed E-state index contributed by atoms with van der Waals surface area (Å²) in [5, 5.41) is 0. The lowest BCUT2D eigenvalue weighted by Crippen LogP contribution is -2.45. The number of hydrogen-bond acceptors (Lipinski definition) is 3. The Morgan fingerprint density at radius 2 is 1.94 bits per heavy atom. The molecule has 5 nitrogen and oxygen atoms in total. The molecule has 1 fully saturated rings. The summed E-state index contributed by atoms with van der Waals surface area (Å²) in [7, 11) is -0.0236. The van der Waals surface area contributed by atoms with Crippen molar-refractivity contribution in [1.82, 2.24) is 9.03 Å². The first-order valence-electron chi connectivity index (χ1n) is 6.29. The number of nitrogens with zero attached hydrogens (tertiary/aromatic N) is 1. The second-order valence-electron chi connectivity index (χ2n) is 4.55. The Balaban J connectivity index is 2.39. The minimum Gasteiger partial charge on any atom is -0.385 e. The second-order valence-corrected chi connectivity index (χ2v) is 6.37. The molecular formula is C11H24N2O3S. The van der Waals surface area contributed by atoms with Gasteiger partial charge in [-0.05, 0) is 19.3 Å². The predicted molar refractivity (Wildman–Crippen MR) is 68.1 cm³/mol. The third-order valence-electron chi connectivity index (χ3n) is 3.28. The average Bonchev–Trinajstić information content (AvgIpc) is 2.35. The number of methoxy groups -OCH3 is 1.